The zero-order valence-electron chi connectivity index (χ0n) is 11.0. The molecule has 0 unspecified atom stereocenters. The summed E-state index contributed by atoms with van der Waals surface area (Å²) in [5, 5.41) is 0. The standard InChI is InChI=1S/C14H20O2.H3N/c1-4-14(5-2,13(15)16-6-3)12-10-8-7-9-11-12;/h7-11H,4-6H2,1-3H3;1H3. The highest BCUT2D eigenvalue weighted by Gasteiger charge is 2.37. The van der Waals surface area contributed by atoms with E-state index in [4.69, 9.17) is 4.74 Å². The van der Waals surface area contributed by atoms with Gasteiger partial charge >= 0.3 is 5.97 Å². The van der Waals surface area contributed by atoms with Crippen LogP contribution < -0.4 is 6.15 Å². The van der Waals surface area contributed by atoms with Gasteiger partial charge in [-0.2, -0.15) is 0 Å². The molecule has 96 valence electrons. The largest absolute Gasteiger partial charge is 0.465 e. The molecule has 0 heterocycles. The van der Waals surface area contributed by atoms with Crippen LogP contribution in [-0.2, 0) is 14.9 Å². The molecule has 1 aromatic rings. The molecule has 0 amide bonds. The van der Waals surface area contributed by atoms with Gasteiger partial charge < -0.3 is 10.9 Å². The number of rotatable bonds is 5. The van der Waals surface area contributed by atoms with Crippen LogP contribution in [0.1, 0.15) is 39.2 Å². The molecule has 0 aliphatic heterocycles. The lowest BCUT2D eigenvalue weighted by atomic mass is 9.76. The Kier molecular flexibility index (Phi) is 6.51. The van der Waals surface area contributed by atoms with Crippen LogP contribution in [0.3, 0.4) is 0 Å². The maximum Gasteiger partial charge on any atom is 0.316 e. The van der Waals surface area contributed by atoms with E-state index in [2.05, 4.69) is 0 Å². The number of hydrogen-bond acceptors (Lipinski definition) is 3. The van der Waals surface area contributed by atoms with Crippen LogP contribution in [0.2, 0.25) is 0 Å². The van der Waals surface area contributed by atoms with E-state index in [-0.39, 0.29) is 12.1 Å². The molecular formula is C14H23NO2. The van der Waals surface area contributed by atoms with Crippen molar-refractivity contribution in [3.8, 4) is 0 Å². The van der Waals surface area contributed by atoms with Crippen LogP contribution in [0, 0.1) is 0 Å². The number of hydrogen-bond donors (Lipinski definition) is 1. The number of carbonyl (C=O) groups excluding carboxylic acids is 1. The van der Waals surface area contributed by atoms with Crippen LogP contribution in [0.15, 0.2) is 30.3 Å². The molecule has 0 atom stereocenters. The molecule has 0 bridgehead atoms. The van der Waals surface area contributed by atoms with Crippen molar-refractivity contribution in [2.45, 2.75) is 39.0 Å². The third-order valence-corrected chi connectivity index (χ3v) is 3.20. The summed E-state index contributed by atoms with van der Waals surface area (Å²) in [5.41, 5.74) is 0.579. The van der Waals surface area contributed by atoms with Gasteiger partial charge in [-0.15, -0.1) is 0 Å². The van der Waals surface area contributed by atoms with Crippen molar-refractivity contribution >= 4 is 5.97 Å². The molecule has 1 aromatic carbocycles. The Hall–Kier alpha value is -1.35. The second-order valence-electron chi connectivity index (χ2n) is 3.88. The quantitative estimate of drug-likeness (QED) is 0.797. The van der Waals surface area contributed by atoms with Crippen LogP contribution >= 0.6 is 0 Å². The second kappa shape index (κ2) is 7.07. The summed E-state index contributed by atoms with van der Waals surface area (Å²) in [6.45, 7) is 6.35. The number of ether oxygens (including phenoxy) is 1. The molecule has 0 aromatic heterocycles. The van der Waals surface area contributed by atoms with Crippen molar-refractivity contribution in [1.82, 2.24) is 6.15 Å². The second-order valence-corrected chi connectivity index (χ2v) is 3.88. The zero-order valence-corrected chi connectivity index (χ0v) is 11.0. The van der Waals surface area contributed by atoms with Gasteiger partial charge in [0.25, 0.3) is 0 Å². The van der Waals surface area contributed by atoms with Crippen molar-refractivity contribution in [3.05, 3.63) is 35.9 Å². The lowest BCUT2D eigenvalue weighted by Gasteiger charge is -2.29. The molecule has 0 radical (unpaired) electrons. The van der Waals surface area contributed by atoms with Crippen molar-refractivity contribution in [1.29, 1.82) is 0 Å². The Bertz CT molecular complexity index is 331. The highest BCUT2D eigenvalue weighted by Crippen LogP contribution is 2.32. The third-order valence-electron chi connectivity index (χ3n) is 3.20. The fourth-order valence-corrected chi connectivity index (χ4v) is 2.09. The summed E-state index contributed by atoms with van der Waals surface area (Å²) in [4.78, 5) is 12.1. The van der Waals surface area contributed by atoms with E-state index in [1.807, 2.05) is 51.1 Å². The third kappa shape index (κ3) is 3.07. The Balaban J connectivity index is 0.00000256. The van der Waals surface area contributed by atoms with Gasteiger partial charge in [-0.25, -0.2) is 0 Å². The molecule has 0 saturated heterocycles. The van der Waals surface area contributed by atoms with Gasteiger partial charge in [0.15, 0.2) is 0 Å². The minimum atomic E-state index is -0.475. The van der Waals surface area contributed by atoms with E-state index in [1.165, 1.54) is 0 Å². The summed E-state index contributed by atoms with van der Waals surface area (Å²) >= 11 is 0. The summed E-state index contributed by atoms with van der Waals surface area (Å²) in [7, 11) is 0. The van der Waals surface area contributed by atoms with E-state index in [0.29, 0.717) is 6.61 Å². The van der Waals surface area contributed by atoms with Crippen LogP contribution in [-0.4, -0.2) is 12.6 Å². The molecule has 0 saturated carbocycles. The fraction of sp³-hybridized carbons (Fsp3) is 0.500. The first-order valence-electron chi connectivity index (χ1n) is 5.94. The van der Waals surface area contributed by atoms with E-state index in [1.54, 1.807) is 0 Å². The van der Waals surface area contributed by atoms with Gasteiger partial charge in [0.2, 0.25) is 0 Å². The van der Waals surface area contributed by atoms with Gasteiger partial charge in [0.05, 0.1) is 12.0 Å². The first-order valence-corrected chi connectivity index (χ1v) is 5.94. The Morgan fingerprint density at radius 3 is 2.06 bits per heavy atom. The maximum absolute atomic E-state index is 12.1. The minimum Gasteiger partial charge on any atom is -0.465 e. The Labute approximate surface area is 104 Å². The van der Waals surface area contributed by atoms with Gasteiger partial charge in [-0.3, -0.25) is 4.79 Å². The maximum atomic E-state index is 12.1. The van der Waals surface area contributed by atoms with Gasteiger partial charge in [0, 0.05) is 0 Å². The van der Waals surface area contributed by atoms with Gasteiger partial charge in [-0.1, -0.05) is 44.2 Å². The fourth-order valence-electron chi connectivity index (χ4n) is 2.09. The number of carbonyl (C=O) groups is 1. The van der Waals surface area contributed by atoms with Gasteiger partial charge in [0.1, 0.15) is 0 Å². The summed E-state index contributed by atoms with van der Waals surface area (Å²) < 4.78 is 5.20. The molecule has 0 aliphatic rings. The van der Waals surface area contributed by atoms with E-state index < -0.39 is 5.41 Å². The highest BCUT2D eigenvalue weighted by molar-refractivity contribution is 5.83. The normalized spacial score (nSPS) is 10.5. The van der Waals surface area contributed by atoms with Crippen LogP contribution in [0.5, 0.6) is 0 Å². The Morgan fingerprint density at radius 1 is 1.12 bits per heavy atom. The zero-order chi connectivity index (χ0) is 12.0. The molecule has 0 aliphatic carbocycles. The highest BCUT2D eigenvalue weighted by atomic mass is 16.5. The summed E-state index contributed by atoms with van der Waals surface area (Å²) in [6.07, 6.45) is 1.54. The van der Waals surface area contributed by atoms with E-state index in [0.717, 1.165) is 18.4 Å². The van der Waals surface area contributed by atoms with Crippen LogP contribution in [0.25, 0.3) is 0 Å². The monoisotopic (exact) mass is 237 g/mol. The molecule has 3 N–H and O–H groups in total. The molecule has 3 heteroatoms. The molecule has 3 nitrogen and oxygen atoms in total. The Morgan fingerprint density at radius 2 is 1.65 bits per heavy atom. The SMILES string of the molecule is CCOC(=O)C(CC)(CC)c1ccccc1.N. The predicted molar refractivity (Wildman–Crippen MR) is 70.4 cm³/mol. The lowest BCUT2D eigenvalue weighted by Crippen LogP contribution is -2.36. The molecule has 1 rings (SSSR count). The summed E-state index contributed by atoms with van der Waals surface area (Å²) in [6, 6.07) is 9.90. The molecule has 17 heavy (non-hydrogen) atoms. The van der Waals surface area contributed by atoms with Crippen LogP contribution in [0.4, 0.5) is 0 Å². The van der Waals surface area contributed by atoms with Crippen molar-refractivity contribution in [2.75, 3.05) is 6.61 Å². The minimum absolute atomic E-state index is 0. The molecule has 0 fully saturated rings. The first-order chi connectivity index (χ1) is 7.71. The van der Waals surface area contributed by atoms with E-state index >= 15 is 0 Å². The van der Waals surface area contributed by atoms with Crippen molar-refractivity contribution < 1.29 is 9.53 Å². The molecular weight excluding hydrogens is 214 g/mol. The topological polar surface area (TPSA) is 61.3 Å². The predicted octanol–water partition coefficient (Wildman–Crippen LogP) is 3.47. The average Bonchev–Trinajstić information content (AvgIpc) is 2.33. The van der Waals surface area contributed by atoms with E-state index in [9.17, 15) is 4.79 Å². The molecule has 0 spiro atoms. The number of benzene rings is 1. The number of esters is 1. The van der Waals surface area contributed by atoms with Gasteiger partial charge in [-0.05, 0) is 25.3 Å². The first kappa shape index (κ1) is 15.7. The lowest BCUT2D eigenvalue weighted by molar-refractivity contribution is -0.150. The van der Waals surface area contributed by atoms with Crippen molar-refractivity contribution in [3.63, 3.8) is 0 Å². The summed E-state index contributed by atoms with van der Waals surface area (Å²) in [5.74, 6) is -0.105. The average molecular weight is 237 g/mol. The smallest absolute Gasteiger partial charge is 0.316 e. The van der Waals surface area contributed by atoms with Crippen molar-refractivity contribution in [2.24, 2.45) is 0 Å².